The number of pyridine rings is 3. The van der Waals surface area contributed by atoms with Crippen LogP contribution in [0.15, 0.2) is 30.7 Å². The van der Waals surface area contributed by atoms with Crippen LogP contribution >= 0.6 is 0 Å². The minimum absolute atomic E-state index is 0.0180. The van der Waals surface area contributed by atoms with Crippen LogP contribution in [-0.2, 0) is 11.2 Å². The Bertz CT molecular complexity index is 1090. The zero-order chi connectivity index (χ0) is 19.3. The number of nitrogens with one attached hydrogen (secondary N) is 1. The van der Waals surface area contributed by atoms with Crippen molar-refractivity contribution in [2.75, 3.05) is 11.1 Å². The molecule has 7 heteroatoms. The number of carbonyl (C=O) groups is 1. The lowest BCUT2D eigenvalue weighted by molar-refractivity contribution is -0.117. The molecule has 1 atom stereocenters. The van der Waals surface area contributed by atoms with Gasteiger partial charge in [0.25, 0.3) is 0 Å². The van der Waals surface area contributed by atoms with Crippen molar-refractivity contribution < 1.29 is 9.90 Å². The first kappa shape index (κ1) is 17.1. The van der Waals surface area contributed by atoms with E-state index in [1.54, 1.807) is 18.6 Å². The molecule has 2 aliphatic carbocycles. The summed E-state index contributed by atoms with van der Waals surface area (Å²) in [5.41, 5.74) is 9.76. The second-order valence-corrected chi connectivity index (χ2v) is 7.61. The number of nitrogens with zero attached hydrogens (tertiary/aromatic N) is 3. The molecule has 0 spiro atoms. The first-order chi connectivity index (χ1) is 13.6. The highest BCUT2D eigenvalue weighted by atomic mass is 16.3. The van der Waals surface area contributed by atoms with Crippen LogP contribution < -0.4 is 11.1 Å². The van der Waals surface area contributed by atoms with Crippen LogP contribution in [0, 0.1) is 5.92 Å². The van der Waals surface area contributed by atoms with Gasteiger partial charge in [-0.15, -0.1) is 0 Å². The Hall–Kier alpha value is -3.06. The van der Waals surface area contributed by atoms with E-state index in [4.69, 9.17) is 5.73 Å². The van der Waals surface area contributed by atoms with Crippen LogP contribution in [0.2, 0.25) is 0 Å². The number of anilines is 2. The third-order valence-corrected chi connectivity index (χ3v) is 5.57. The Labute approximate surface area is 162 Å². The lowest BCUT2D eigenvalue weighted by atomic mass is 9.87. The number of hydrogen-bond acceptors (Lipinski definition) is 6. The molecular formula is C21H21N5O2. The molecule has 1 saturated carbocycles. The molecule has 142 valence electrons. The van der Waals surface area contributed by atoms with Gasteiger partial charge in [0.15, 0.2) is 0 Å². The smallest absolute Gasteiger partial charge is 0.228 e. The van der Waals surface area contributed by atoms with Gasteiger partial charge in [-0.05, 0) is 55.2 Å². The van der Waals surface area contributed by atoms with E-state index in [0.29, 0.717) is 17.3 Å². The standard InChI is InChI=1S/C21H21N5O2/c22-20-14-10-24-19(26-21(28)11-4-5-11)7-12(14)6-17(25-20)15-8-23-9-16-13(15)2-1-3-18(16)27/h6-11,18,27H,1-5H2,(H2,22,25)(H,24,26,28). The summed E-state index contributed by atoms with van der Waals surface area (Å²) in [7, 11) is 0. The molecule has 0 radical (unpaired) electrons. The number of aromatic nitrogens is 3. The Balaban J connectivity index is 1.58. The number of aliphatic hydroxyl groups is 1. The summed E-state index contributed by atoms with van der Waals surface area (Å²) in [4.78, 5) is 25.2. The Kier molecular flexibility index (Phi) is 3.98. The lowest BCUT2D eigenvalue weighted by Gasteiger charge is -2.23. The normalized spacial score (nSPS) is 18.7. The highest BCUT2D eigenvalue weighted by Crippen LogP contribution is 2.36. The molecular weight excluding hydrogens is 354 g/mol. The van der Waals surface area contributed by atoms with E-state index in [9.17, 15) is 9.90 Å². The number of nitrogen functional groups attached to an aromatic ring is 1. The van der Waals surface area contributed by atoms with Gasteiger partial charge in [-0.25, -0.2) is 9.97 Å². The number of rotatable bonds is 3. The molecule has 0 aromatic carbocycles. The third kappa shape index (κ3) is 2.97. The maximum atomic E-state index is 12.0. The fourth-order valence-corrected chi connectivity index (χ4v) is 3.87. The van der Waals surface area contributed by atoms with Crippen LogP contribution in [-0.4, -0.2) is 26.0 Å². The first-order valence-electron chi connectivity index (χ1n) is 9.62. The third-order valence-electron chi connectivity index (χ3n) is 5.57. The number of aliphatic hydroxyl groups excluding tert-OH is 1. The van der Waals surface area contributed by atoms with E-state index in [0.717, 1.165) is 59.6 Å². The highest BCUT2D eigenvalue weighted by Gasteiger charge is 2.30. The van der Waals surface area contributed by atoms with E-state index in [1.165, 1.54) is 0 Å². The van der Waals surface area contributed by atoms with Crippen molar-refractivity contribution in [3.63, 3.8) is 0 Å². The topological polar surface area (TPSA) is 114 Å². The minimum atomic E-state index is -0.484. The molecule has 1 unspecified atom stereocenters. The quantitative estimate of drug-likeness (QED) is 0.648. The Morgan fingerprint density at radius 3 is 2.86 bits per heavy atom. The Morgan fingerprint density at radius 2 is 2.04 bits per heavy atom. The molecule has 0 aliphatic heterocycles. The van der Waals surface area contributed by atoms with E-state index < -0.39 is 6.10 Å². The maximum absolute atomic E-state index is 12.0. The summed E-state index contributed by atoms with van der Waals surface area (Å²) in [6.07, 6.45) is 9.12. The van der Waals surface area contributed by atoms with Gasteiger partial charge in [-0.1, -0.05) is 0 Å². The summed E-state index contributed by atoms with van der Waals surface area (Å²) >= 11 is 0. The SMILES string of the molecule is Nc1nc(-c2cncc3c2CCCC3O)cc2cc(NC(=O)C3CC3)ncc12. The predicted molar refractivity (Wildman–Crippen MR) is 106 cm³/mol. The number of hydrogen-bond donors (Lipinski definition) is 3. The lowest BCUT2D eigenvalue weighted by Crippen LogP contribution is -2.14. The van der Waals surface area contributed by atoms with Crippen molar-refractivity contribution >= 4 is 28.3 Å². The predicted octanol–water partition coefficient (Wildman–Crippen LogP) is 2.99. The van der Waals surface area contributed by atoms with Crippen LogP contribution in [0.25, 0.3) is 22.0 Å². The molecule has 28 heavy (non-hydrogen) atoms. The maximum Gasteiger partial charge on any atom is 0.228 e. The summed E-state index contributed by atoms with van der Waals surface area (Å²) in [6, 6.07) is 3.77. The minimum Gasteiger partial charge on any atom is -0.388 e. The van der Waals surface area contributed by atoms with Gasteiger partial charge in [0.2, 0.25) is 5.91 Å². The van der Waals surface area contributed by atoms with Crippen molar-refractivity contribution in [1.29, 1.82) is 0 Å². The zero-order valence-electron chi connectivity index (χ0n) is 15.4. The van der Waals surface area contributed by atoms with Gasteiger partial charge in [-0.3, -0.25) is 9.78 Å². The second-order valence-electron chi connectivity index (χ2n) is 7.61. The van der Waals surface area contributed by atoms with Crippen LogP contribution in [0.4, 0.5) is 11.6 Å². The number of fused-ring (bicyclic) bond motifs is 2. The average molecular weight is 375 g/mol. The van der Waals surface area contributed by atoms with Crippen molar-refractivity contribution in [1.82, 2.24) is 15.0 Å². The largest absolute Gasteiger partial charge is 0.388 e. The zero-order valence-corrected chi connectivity index (χ0v) is 15.4. The number of nitrogens with two attached hydrogens (primary N) is 1. The molecule has 7 nitrogen and oxygen atoms in total. The molecule has 4 N–H and O–H groups in total. The monoisotopic (exact) mass is 375 g/mol. The number of carbonyl (C=O) groups excluding carboxylic acids is 1. The van der Waals surface area contributed by atoms with E-state index >= 15 is 0 Å². The first-order valence-corrected chi connectivity index (χ1v) is 9.62. The van der Waals surface area contributed by atoms with Gasteiger partial charge in [0.1, 0.15) is 11.6 Å². The summed E-state index contributed by atoms with van der Waals surface area (Å²) in [5, 5.41) is 14.8. The second kappa shape index (κ2) is 6.53. The molecule has 3 aromatic heterocycles. The van der Waals surface area contributed by atoms with Gasteiger partial charge >= 0.3 is 0 Å². The van der Waals surface area contributed by atoms with Crippen molar-refractivity contribution in [2.45, 2.75) is 38.2 Å². The molecule has 1 fully saturated rings. The molecule has 3 heterocycles. The van der Waals surface area contributed by atoms with Crippen molar-refractivity contribution in [2.24, 2.45) is 5.92 Å². The summed E-state index contributed by atoms with van der Waals surface area (Å²) in [6.45, 7) is 0. The van der Waals surface area contributed by atoms with Crippen molar-refractivity contribution in [3.8, 4) is 11.3 Å². The average Bonchev–Trinajstić information content (AvgIpc) is 3.53. The van der Waals surface area contributed by atoms with Gasteiger partial charge in [-0.2, -0.15) is 0 Å². The molecule has 3 aromatic rings. The van der Waals surface area contributed by atoms with Gasteiger partial charge in [0.05, 0.1) is 11.8 Å². The summed E-state index contributed by atoms with van der Waals surface area (Å²) in [5.74, 6) is 1.03. The molecule has 0 bridgehead atoms. The van der Waals surface area contributed by atoms with Crippen molar-refractivity contribution in [3.05, 3.63) is 41.9 Å². The van der Waals surface area contributed by atoms with Crippen LogP contribution in [0.5, 0.6) is 0 Å². The highest BCUT2D eigenvalue weighted by molar-refractivity contribution is 5.98. The molecule has 1 amide bonds. The molecule has 0 saturated heterocycles. The molecule has 2 aliphatic rings. The summed E-state index contributed by atoms with van der Waals surface area (Å²) < 4.78 is 0. The van der Waals surface area contributed by atoms with E-state index in [-0.39, 0.29) is 11.8 Å². The molecule has 5 rings (SSSR count). The van der Waals surface area contributed by atoms with Crippen LogP contribution in [0.1, 0.15) is 42.9 Å². The number of amides is 1. The van der Waals surface area contributed by atoms with Gasteiger partial charge in [0, 0.05) is 41.0 Å². The van der Waals surface area contributed by atoms with Gasteiger partial charge < -0.3 is 16.2 Å². The fourth-order valence-electron chi connectivity index (χ4n) is 3.87. The van der Waals surface area contributed by atoms with E-state index in [1.807, 2.05) is 12.1 Å². The Morgan fingerprint density at radius 1 is 1.18 bits per heavy atom. The van der Waals surface area contributed by atoms with E-state index in [2.05, 4.69) is 20.3 Å². The fraction of sp³-hybridized carbons (Fsp3) is 0.333. The van der Waals surface area contributed by atoms with Crippen LogP contribution in [0.3, 0.4) is 0 Å².